The summed E-state index contributed by atoms with van der Waals surface area (Å²) >= 11 is 2.95. The summed E-state index contributed by atoms with van der Waals surface area (Å²) in [5, 5.41) is 2.33. The quantitative estimate of drug-likeness (QED) is 0.359. The van der Waals surface area contributed by atoms with E-state index in [1.807, 2.05) is 6.92 Å². The van der Waals surface area contributed by atoms with E-state index in [1.165, 1.54) is 29.2 Å². The van der Waals surface area contributed by atoms with Gasteiger partial charge >= 0.3 is 0 Å². The number of nitrogens with one attached hydrogen (secondary N) is 1. The van der Waals surface area contributed by atoms with Crippen LogP contribution in [0.4, 0.5) is 14.9 Å². The summed E-state index contributed by atoms with van der Waals surface area (Å²) in [5.74, 6) is -0.328. The van der Waals surface area contributed by atoms with Gasteiger partial charge in [-0.2, -0.15) is 0 Å². The first-order valence-corrected chi connectivity index (χ1v) is 11.6. The van der Waals surface area contributed by atoms with Crippen LogP contribution in [0.5, 0.6) is 11.5 Å². The van der Waals surface area contributed by atoms with Gasteiger partial charge in [0.2, 0.25) is 0 Å². The molecule has 3 amide bonds. The number of rotatable bonds is 8. The van der Waals surface area contributed by atoms with Crippen molar-refractivity contribution in [1.29, 1.82) is 0 Å². The van der Waals surface area contributed by atoms with Crippen molar-refractivity contribution in [2.45, 2.75) is 13.8 Å². The molecule has 1 aliphatic heterocycles. The second kappa shape index (κ2) is 10.8. The van der Waals surface area contributed by atoms with Crippen LogP contribution in [-0.4, -0.2) is 41.7 Å². The van der Waals surface area contributed by atoms with Crippen LogP contribution < -0.4 is 14.8 Å². The van der Waals surface area contributed by atoms with Crippen LogP contribution in [0, 0.1) is 9.39 Å². The molecule has 0 atom stereocenters. The van der Waals surface area contributed by atoms with E-state index in [9.17, 15) is 18.8 Å². The highest BCUT2D eigenvalue weighted by atomic mass is 127. The number of anilines is 1. The predicted octanol–water partition coefficient (Wildman–Crippen LogP) is 4.90. The molecule has 1 fully saturated rings. The van der Waals surface area contributed by atoms with Crippen LogP contribution in [0.3, 0.4) is 0 Å². The van der Waals surface area contributed by atoms with Crippen molar-refractivity contribution in [2.24, 2.45) is 0 Å². The maximum atomic E-state index is 13.0. The van der Waals surface area contributed by atoms with E-state index in [4.69, 9.17) is 9.47 Å². The molecule has 0 unspecified atom stereocenters. The lowest BCUT2D eigenvalue weighted by Gasteiger charge is -2.15. The number of hydrogen-bond donors (Lipinski definition) is 1. The van der Waals surface area contributed by atoms with Gasteiger partial charge in [0, 0.05) is 12.2 Å². The first kappa shape index (κ1) is 24.1. The van der Waals surface area contributed by atoms with Crippen LogP contribution in [0.2, 0.25) is 0 Å². The minimum atomic E-state index is -0.410. The van der Waals surface area contributed by atoms with Crippen molar-refractivity contribution in [3.8, 4) is 11.5 Å². The van der Waals surface area contributed by atoms with E-state index >= 15 is 0 Å². The lowest BCUT2D eigenvalue weighted by Crippen LogP contribution is -2.27. The molecule has 0 aromatic heterocycles. The molecule has 1 heterocycles. The molecule has 1 N–H and O–H groups in total. The minimum absolute atomic E-state index is 0.276. The van der Waals surface area contributed by atoms with Gasteiger partial charge in [0.25, 0.3) is 17.1 Å². The number of amides is 3. The van der Waals surface area contributed by atoms with Crippen molar-refractivity contribution in [2.75, 3.05) is 25.1 Å². The Balaban J connectivity index is 1.76. The number of benzene rings is 2. The smallest absolute Gasteiger partial charge is 0.293 e. The van der Waals surface area contributed by atoms with E-state index in [1.54, 1.807) is 25.1 Å². The Morgan fingerprint density at radius 3 is 2.53 bits per heavy atom. The van der Waals surface area contributed by atoms with E-state index in [2.05, 4.69) is 27.9 Å². The highest BCUT2D eigenvalue weighted by Gasteiger charge is 2.33. The summed E-state index contributed by atoms with van der Waals surface area (Å²) in [5.41, 5.74) is 1.12. The van der Waals surface area contributed by atoms with E-state index < -0.39 is 11.7 Å². The third kappa shape index (κ3) is 5.80. The average Bonchev–Trinajstić information content (AvgIpc) is 3.01. The molecule has 32 heavy (non-hydrogen) atoms. The molecule has 2 aromatic rings. The molecule has 0 bridgehead atoms. The fraction of sp³-hybridized carbons (Fsp3) is 0.227. The molecule has 10 heteroatoms. The highest BCUT2D eigenvalue weighted by molar-refractivity contribution is 14.1. The fourth-order valence-electron chi connectivity index (χ4n) is 2.87. The van der Waals surface area contributed by atoms with Gasteiger partial charge in [-0.25, -0.2) is 4.39 Å². The second-order valence-corrected chi connectivity index (χ2v) is 8.69. The molecule has 0 radical (unpaired) electrons. The minimum Gasteiger partial charge on any atom is -0.490 e. The Labute approximate surface area is 202 Å². The molecule has 0 spiro atoms. The van der Waals surface area contributed by atoms with Gasteiger partial charge in [-0.1, -0.05) is 0 Å². The summed E-state index contributed by atoms with van der Waals surface area (Å²) in [6.07, 6.45) is 1.64. The summed E-state index contributed by atoms with van der Waals surface area (Å²) < 4.78 is 25.0. The summed E-state index contributed by atoms with van der Waals surface area (Å²) in [6.45, 7) is 3.97. The van der Waals surface area contributed by atoms with Gasteiger partial charge < -0.3 is 14.8 Å². The zero-order chi connectivity index (χ0) is 23.3. The van der Waals surface area contributed by atoms with E-state index in [0.29, 0.717) is 44.4 Å². The lowest BCUT2D eigenvalue weighted by atomic mass is 10.2. The Kier molecular flexibility index (Phi) is 8.13. The van der Waals surface area contributed by atoms with Gasteiger partial charge in [-0.05, 0) is 96.2 Å². The molecule has 0 aliphatic carbocycles. The first-order valence-electron chi connectivity index (χ1n) is 9.72. The number of ether oxygens (including phenoxy) is 2. The fourth-order valence-corrected chi connectivity index (χ4v) is 4.55. The molecule has 1 aliphatic rings. The number of carbonyl (C=O) groups is 3. The van der Waals surface area contributed by atoms with Gasteiger partial charge in [-0.15, -0.1) is 0 Å². The molecule has 7 nitrogen and oxygen atoms in total. The summed E-state index contributed by atoms with van der Waals surface area (Å²) in [7, 11) is 0. The number of hydrogen-bond acceptors (Lipinski definition) is 6. The predicted molar refractivity (Wildman–Crippen MR) is 129 cm³/mol. The Morgan fingerprint density at radius 2 is 1.91 bits per heavy atom. The van der Waals surface area contributed by atoms with Crippen LogP contribution in [-0.2, 0) is 9.59 Å². The van der Waals surface area contributed by atoms with E-state index in [0.717, 1.165) is 11.8 Å². The van der Waals surface area contributed by atoms with Crippen molar-refractivity contribution < 1.29 is 28.2 Å². The zero-order valence-corrected chi connectivity index (χ0v) is 20.3. The molecule has 168 valence electrons. The summed E-state index contributed by atoms with van der Waals surface area (Å²) in [6, 6.07) is 8.88. The third-order valence-electron chi connectivity index (χ3n) is 4.29. The van der Waals surface area contributed by atoms with Crippen LogP contribution in [0.15, 0.2) is 41.3 Å². The van der Waals surface area contributed by atoms with Gasteiger partial charge in [-0.3, -0.25) is 19.3 Å². The maximum absolute atomic E-state index is 13.0. The van der Waals surface area contributed by atoms with Crippen LogP contribution in [0.1, 0.15) is 19.4 Å². The van der Waals surface area contributed by atoms with Gasteiger partial charge in [0.1, 0.15) is 5.82 Å². The molecule has 3 rings (SSSR count). The lowest BCUT2D eigenvalue weighted by molar-refractivity contribution is -0.122. The Bertz CT molecular complexity index is 1070. The van der Waals surface area contributed by atoms with Crippen LogP contribution in [0.25, 0.3) is 6.08 Å². The average molecular weight is 570 g/mol. The maximum Gasteiger partial charge on any atom is 0.293 e. The van der Waals surface area contributed by atoms with Crippen LogP contribution >= 0.6 is 34.4 Å². The van der Waals surface area contributed by atoms with E-state index in [-0.39, 0.29) is 17.8 Å². The number of halogens is 2. The summed E-state index contributed by atoms with van der Waals surface area (Å²) in [4.78, 5) is 38.0. The van der Waals surface area contributed by atoms with Gasteiger partial charge in [0.15, 0.2) is 18.1 Å². The Hall–Kier alpha value is -2.60. The molecule has 1 saturated heterocycles. The number of nitrogens with zero attached hydrogens (tertiary/aromatic N) is 1. The third-order valence-corrected chi connectivity index (χ3v) is 6.00. The normalized spacial score (nSPS) is 14.8. The van der Waals surface area contributed by atoms with Crippen molar-refractivity contribution in [1.82, 2.24) is 4.90 Å². The number of likely N-dealkylation sites (N-methyl/N-ethyl adjacent to an activating group) is 1. The van der Waals surface area contributed by atoms with Crippen molar-refractivity contribution >= 4 is 63.2 Å². The monoisotopic (exact) mass is 570 g/mol. The standard InChI is InChI=1S/C22H20FIN2O5S/c1-3-26-21(28)18(32-22(26)29)11-13-9-16(24)20(17(10-13)30-4-2)31-12-19(27)25-15-7-5-14(23)6-8-15/h5-11H,3-4,12H2,1-2H3,(H,25,27)/b18-11+. The van der Waals surface area contributed by atoms with Crippen molar-refractivity contribution in [3.05, 3.63) is 56.3 Å². The topological polar surface area (TPSA) is 84.9 Å². The number of carbonyl (C=O) groups excluding carboxylic acids is 3. The molecular weight excluding hydrogens is 550 g/mol. The van der Waals surface area contributed by atoms with Crippen molar-refractivity contribution in [3.63, 3.8) is 0 Å². The molecule has 0 saturated carbocycles. The molecular formula is C22H20FIN2O5S. The molecule has 2 aromatic carbocycles. The second-order valence-electron chi connectivity index (χ2n) is 6.53. The largest absolute Gasteiger partial charge is 0.490 e. The first-order chi connectivity index (χ1) is 15.3. The van der Waals surface area contributed by atoms with Gasteiger partial charge in [0.05, 0.1) is 15.1 Å². The number of imide groups is 1. The highest BCUT2D eigenvalue weighted by Crippen LogP contribution is 2.37. The SMILES string of the molecule is CCOc1cc(/C=C2/SC(=O)N(CC)C2=O)cc(I)c1OCC(=O)Nc1ccc(F)cc1. The Morgan fingerprint density at radius 1 is 1.19 bits per heavy atom. The zero-order valence-electron chi connectivity index (χ0n) is 17.3. The number of thioether (sulfide) groups is 1.